The quantitative estimate of drug-likeness (QED) is 0.453. The van der Waals surface area contributed by atoms with Gasteiger partial charge in [-0.2, -0.15) is 0 Å². The Labute approximate surface area is 56.0 Å². The summed E-state index contributed by atoms with van der Waals surface area (Å²) in [7, 11) is 0. The minimum Gasteiger partial charge on any atom is -0.329 e. The van der Waals surface area contributed by atoms with Crippen molar-refractivity contribution in [1.29, 1.82) is 0 Å². The van der Waals surface area contributed by atoms with Gasteiger partial charge in [0.05, 0.1) is 0 Å². The van der Waals surface area contributed by atoms with E-state index in [2.05, 4.69) is 10.6 Å². The highest BCUT2D eigenvalue weighted by Crippen LogP contribution is 1.94. The van der Waals surface area contributed by atoms with Gasteiger partial charge in [0.25, 0.3) is 0 Å². The van der Waals surface area contributed by atoms with Crippen molar-refractivity contribution in [2.45, 2.75) is 12.5 Å². The summed E-state index contributed by atoms with van der Waals surface area (Å²) in [5.41, 5.74) is 5.32. The summed E-state index contributed by atoms with van der Waals surface area (Å²) in [6.07, 6.45) is 1.25. The molecule has 0 spiro atoms. The third kappa shape index (κ3) is 2.30. The minimum absolute atomic E-state index is 0.675. The van der Waals surface area contributed by atoms with Crippen LogP contribution in [-0.2, 0) is 0 Å². The molecule has 0 bridgehead atoms. The first-order chi connectivity index (χ1) is 4.43. The Hall–Kier alpha value is -0.120. The lowest BCUT2D eigenvalue weighted by molar-refractivity contribution is 0.555. The van der Waals surface area contributed by atoms with E-state index >= 15 is 0 Å². The molecule has 0 aromatic rings. The van der Waals surface area contributed by atoms with E-state index < -0.39 is 0 Å². The van der Waals surface area contributed by atoms with Crippen molar-refractivity contribution in [2.75, 3.05) is 26.2 Å². The summed E-state index contributed by atoms with van der Waals surface area (Å²) in [4.78, 5) is 0. The van der Waals surface area contributed by atoms with Gasteiger partial charge in [0.2, 0.25) is 0 Å². The first-order valence-corrected chi connectivity index (χ1v) is 3.57. The van der Waals surface area contributed by atoms with E-state index in [-0.39, 0.29) is 0 Å². The molecule has 0 aromatic carbocycles. The van der Waals surface area contributed by atoms with Crippen LogP contribution in [0.15, 0.2) is 0 Å². The first-order valence-electron chi connectivity index (χ1n) is 3.57. The monoisotopic (exact) mass is 129 g/mol. The van der Waals surface area contributed by atoms with Crippen LogP contribution in [0.5, 0.6) is 0 Å². The zero-order chi connectivity index (χ0) is 6.53. The average Bonchev–Trinajstić information content (AvgIpc) is 2.34. The van der Waals surface area contributed by atoms with Crippen LogP contribution in [0.1, 0.15) is 6.42 Å². The Kier molecular flexibility index (Phi) is 2.97. The molecule has 54 valence electrons. The zero-order valence-corrected chi connectivity index (χ0v) is 5.69. The normalized spacial score (nSPS) is 27.0. The van der Waals surface area contributed by atoms with Gasteiger partial charge in [0.15, 0.2) is 0 Å². The number of hydrogen-bond donors (Lipinski definition) is 3. The molecule has 1 saturated heterocycles. The van der Waals surface area contributed by atoms with Crippen molar-refractivity contribution in [3.63, 3.8) is 0 Å². The lowest BCUT2D eigenvalue weighted by atomic mass is 10.3. The van der Waals surface area contributed by atoms with Crippen LogP contribution in [0.4, 0.5) is 0 Å². The highest BCUT2D eigenvalue weighted by molar-refractivity contribution is 4.76. The van der Waals surface area contributed by atoms with Crippen LogP contribution in [0, 0.1) is 0 Å². The van der Waals surface area contributed by atoms with Crippen LogP contribution in [0.3, 0.4) is 0 Å². The second kappa shape index (κ2) is 3.82. The third-order valence-electron chi connectivity index (χ3n) is 1.64. The fraction of sp³-hybridized carbons (Fsp3) is 1.00. The minimum atomic E-state index is 0.675. The van der Waals surface area contributed by atoms with Crippen molar-refractivity contribution in [3.05, 3.63) is 0 Å². The lowest BCUT2D eigenvalue weighted by Crippen LogP contribution is -2.34. The predicted octanol–water partition coefficient (Wildman–Crippen LogP) is -1.10. The van der Waals surface area contributed by atoms with E-state index in [0.29, 0.717) is 6.04 Å². The molecule has 0 saturated carbocycles. The van der Waals surface area contributed by atoms with Crippen LogP contribution in [0.25, 0.3) is 0 Å². The van der Waals surface area contributed by atoms with E-state index in [0.717, 1.165) is 26.2 Å². The first kappa shape index (κ1) is 6.99. The lowest BCUT2D eigenvalue weighted by Gasteiger charge is -2.08. The van der Waals surface area contributed by atoms with Crippen LogP contribution in [-0.4, -0.2) is 32.2 Å². The predicted molar refractivity (Wildman–Crippen MR) is 38.3 cm³/mol. The average molecular weight is 129 g/mol. The number of hydrogen-bond acceptors (Lipinski definition) is 3. The molecule has 1 atom stereocenters. The van der Waals surface area contributed by atoms with Gasteiger partial charge >= 0.3 is 0 Å². The molecule has 3 nitrogen and oxygen atoms in total. The molecule has 1 rings (SSSR count). The van der Waals surface area contributed by atoms with Crippen molar-refractivity contribution in [1.82, 2.24) is 10.6 Å². The maximum atomic E-state index is 5.32. The maximum Gasteiger partial charge on any atom is 0.0205 e. The molecular formula is C6H15N3. The van der Waals surface area contributed by atoms with Crippen molar-refractivity contribution in [2.24, 2.45) is 5.73 Å². The van der Waals surface area contributed by atoms with Gasteiger partial charge in [0.1, 0.15) is 0 Å². The van der Waals surface area contributed by atoms with Gasteiger partial charge in [-0.3, -0.25) is 0 Å². The molecule has 9 heavy (non-hydrogen) atoms. The van der Waals surface area contributed by atoms with E-state index in [4.69, 9.17) is 5.73 Å². The van der Waals surface area contributed by atoms with Crippen LogP contribution < -0.4 is 16.4 Å². The van der Waals surface area contributed by atoms with E-state index in [9.17, 15) is 0 Å². The molecule has 1 fully saturated rings. The van der Waals surface area contributed by atoms with Gasteiger partial charge < -0.3 is 16.4 Å². The second-order valence-electron chi connectivity index (χ2n) is 2.43. The van der Waals surface area contributed by atoms with E-state index in [1.165, 1.54) is 6.42 Å². The highest BCUT2D eigenvalue weighted by atomic mass is 15.0. The SMILES string of the molecule is NCCN[C@@H]1CCNC1. The zero-order valence-electron chi connectivity index (χ0n) is 5.69. The van der Waals surface area contributed by atoms with E-state index in [1.807, 2.05) is 0 Å². The Morgan fingerprint density at radius 2 is 2.56 bits per heavy atom. The summed E-state index contributed by atoms with van der Waals surface area (Å²) < 4.78 is 0. The standard InChI is InChI=1S/C6H15N3/c7-2-4-9-6-1-3-8-5-6/h6,8-9H,1-5,7H2/t6-/m1/s1. The fourth-order valence-corrected chi connectivity index (χ4v) is 1.12. The Morgan fingerprint density at radius 3 is 3.11 bits per heavy atom. The van der Waals surface area contributed by atoms with Crippen molar-refractivity contribution < 1.29 is 0 Å². The van der Waals surface area contributed by atoms with Crippen LogP contribution in [0.2, 0.25) is 0 Å². The maximum absolute atomic E-state index is 5.32. The molecule has 4 N–H and O–H groups in total. The highest BCUT2D eigenvalue weighted by Gasteiger charge is 2.11. The molecule has 0 radical (unpaired) electrons. The van der Waals surface area contributed by atoms with E-state index in [1.54, 1.807) is 0 Å². The second-order valence-corrected chi connectivity index (χ2v) is 2.43. The van der Waals surface area contributed by atoms with Gasteiger partial charge in [-0.1, -0.05) is 0 Å². The van der Waals surface area contributed by atoms with Gasteiger partial charge in [-0.05, 0) is 13.0 Å². The van der Waals surface area contributed by atoms with Crippen LogP contribution >= 0.6 is 0 Å². The number of nitrogens with two attached hydrogens (primary N) is 1. The summed E-state index contributed by atoms with van der Waals surface area (Å²) >= 11 is 0. The number of rotatable bonds is 3. The molecule has 1 aliphatic rings. The molecular weight excluding hydrogens is 114 g/mol. The summed E-state index contributed by atoms with van der Waals surface area (Å²) in [5.74, 6) is 0. The fourth-order valence-electron chi connectivity index (χ4n) is 1.12. The molecule has 1 aliphatic heterocycles. The third-order valence-corrected chi connectivity index (χ3v) is 1.64. The van der Waals surface area contributed by atoms with Crippen molar-refractivity contribution in [3.8, 4) is 0 Å². The molecule has 0 aromatic heterocycles. The molecule has 3 heteroatoms. The van der Waals surface area contributed by atoms with Gasteiger partial charge in [-0.15, -0.1) is 0 Å². The molecule has 0 aliphatic carbocycles. The Morgan fingerprint density at radius 1 is 1.67 bits per heavy atom. The van der Waals surface area contributed by atoms with Gasteiger partial charge in [-0.25, -0.2) is 0 Å². The summed E-state index contributed by atoms with van der Waals surface area (Å²) in [6, 6.07) is 0.675. The molecule has 0 unspecified atom stereocenters. The number of nitrogens with one attached hydrogen (secondary N) is 2. The Balaban J connectivity index is 1.98. The van der Waals surface area contributed by atoms with Gasteiger partial charge in [0, 0.05) is 25.7 Å². The van der Waals surface area contributed by atoms with Crippen molar-refractivity contribution >= 4 is 0 Å². The largest absolute Gasteiger partial charge is 0.329 e. The Bertz CT molecular complexity index is 68.7. The molecule has 1 heterocycles. The summed E-state index contributed by atoms with van der Waals surface area (Å²) in [6.45, 7) is 3.96. The smallest absolute Gasteiger partial charge is 0.0205 e. The topological polar surface area (TPSA) is 50.1 Å². The summed E-state index contributed by atoms with van der Waals surface area (Å²) in [5, 5.41) is 6.62. The molecule has 0 amide bonds.